The molecule has 5 N–H and O–H groups in total. The Morgan fingerprint density at radius 3 is 2.26 bits per heavy atom. The second kappa shape index (κ2) is 8.15. The fourth-order valence-corrected chi connectivity index (χ4v) is 2.57. The minimum absolute atomic E-state index is 0.121. The van der Waals surface area contributed by atoms with Crippen LogP contribution in [0.4, 0.5) is 13.2 Å². The summed E-state index contributed by atoms with van der Waals surface area (Å²) in [6.45, 7) is 0. The Kier molecular flexibility index (Phi) is 6.66. The summed E-state index contributed by atoms with van der Waals surface area (Å²) in [4.78, 5) is 30.2. The quantitative estimate of drug-likeness (QED) is 0.518. The van der Waals surface area contributed by atoms with Crippen molar-refractivity contribution in [1.82, 2.24) is 0 Å². The molecule has 0 spiro atoms. The number of hydrogen-bond acceptors (Lipinski definition) is 6. The van der Waals surface area contributed by atoms with Crippen molar-refractivity contribution in [1.29, 1.82) is 5.26 Å². The maximum Gasteiger partial charge on any atom is 0.417 e. The summed E-state index contributed by atoms with van der Waals surface area (Å²) in [7, 11) is 0. The zero-order valence-electron chi connectivity index (χ0n) is 13.7. The first-order valence-corrected chi connectivity index (χ1v) is 7.44. The summed E-state index contributed by atoms with van der Waals surface area (Å²) in [5.74, 6) is -4.28. The van der Waals surface area contributed by atoms with Gasteiger partial charge in [0.15, 0.2) is 5.78 Å². The topological polar surface area (TPSA) is 162 Å². The van der Waals surface area contributed by atoms with Gasteiger partial charge in [0, 0.05) is 0 Å². The van der Waals surface area contributed by atoms with E-state index in [-0.39, 0.29) is 18.4 Å². The van der Waals surface area contributed by atoms with Crippen LogP contribution in [0.3, 0.4) is 0 Å². The molecule has 27 heavy (non-hydrogen) atoms. The van der Waals surface area contributed by atoms with Crippen molar-refractivity contribution < 1.29 is 42.9 Å². The molecule has 1 saturated carbocycles. The van der Waals surface area contributed by atoms with E-state index in [0.29, 0.717) is 6.42 Å². The van der Waals surface area contributed by atoms with Gasteiger partial charge in [-0.2, -0.15) is 18.4 Å². The van der Waals surface area contributed by atoms with Crippen LogP contribution < -0.4 is 5.73 Å². The Hall–Kier alpha value is -2.97. The summed E-state index contributed by atoms with van der Waals surface area (Å²) in [5, 5.41) is 33.3. The van der Waals surface area contributed by atoms with E-state index in [9.17, 15) is 23.1 Å². The number of aliphatic carboxylic acids is 2. The first-order valence-electron chi connectivity index (χ1n) is 7.44. The lowest BCUT2D eigenvalue weighted by molar-refractivity contribution is -0.159. The van der Waals surface area contributed by atoms with Crippen LogP contribution in [-0.4, -0.2) is 39.1 Å². The van der Waals surface area contributed by atoms with E-state index in [1.165, 1.54) is 6.07 Å². The largest absolute Gasteiger partial charge is 0.473 e. The molecule has 0 aliphatic heterocycles. The van der Waals surface area contributed by atoms with Crippen molar-refractivity contribution in [2.45, 2.75) is 37.1 Å². The molecule has 2 unspecified atom stereocenters. The smallest absolute Gasteiger partial charge is 0.417 e. The number of carboxylic acids is 2. The van der Waals surface area contributed by atoms with Crippen LogP contribution in [0, 0.1) is 11.3 Å². The van der Waals surface area contributed by atoms with Crippen LogP contribution in [0.5, 0.6) is 0 Å². The zero-order chi connectivity index (χ0) is 21.0. The van der Waals surface area contributed by atoms with Crippen LogP contribution >= 0.6 is 0 Å². The van der Waals surface area contributed by atoms with E-state index in [2.05, 4.69) is 0 Å². The van der Waals surface area contributed by atoms with Crippen LogP contribution in [0.1, 0.15) is 36.0 Å². The molecule has 0 heterocycles. The lowest BCUT2D eigenvalue weighted by atomic mass is 9.74. The third-order valence-electron chi connectivity index (χ3n) is 3.93. The van der Waals surface area contributed by atoms with Crippen molar-refractivity contribution in [3.63, 3.8) is 0 Å². The van der Waals surface area contributed by atoms with Gasteiger partial charge in [0.05, 0.1) is 17.2 Å². The van der Waals surface area contributed by atoms with Crippen LogP contribution in [0.25, 0.3) is 0 Å². The maximum absolute atomic E-state index is 12.8. The van der Waals surface area contributed by atoms with Gasteiger partial charge in [-0.05, 0) is 37.0 Å². The van der Waals surface area contributed by atoms with Gasteiger partial charge in [-0.25, -0.2) is 9.59 Å². The van der Waals surface area contributed by atoms with Gasteiger partial charge in [-0.1, -0.05) is 6.07 Å². The predicted molar refractivity (Wildman–Crippen MR) is 82.2 cm³/mol. The Morgan fingerprint density at radius 2 is 1.81 bits per heavy atom. The normalized spacial score (nSPS) is 22.2. The highest BCUT2D eigenvalue weighted by atomic mass is 19.4. The van der Waals surface area contributed by atoms with E-state index >= 15 is 0 Å². The van der Waals surface area contributed by atoms with E-state index in [1.54, 1.807) is 0 Å². The number of Topliss-reactive ketones (excluding diaryl/α,β-unsaturated/α-hetero) is 1. The number of halogens is 3. The molecule has 2 rings (SSSR count). The number of carbonyl (C=O) groups excluding carboxylic acids is 1. The summed E-state index contributed by atoms with van der Waals surface area (Å²) >= 11 is 0. The molecule has 0 saturated heterocycles. The summed E-state index contributed by atoms with van der Waals surface area (Å²) in [6, 6.07) is 4.30. The van der Waals surface area contributed by atoms with Crippen LogP contribution in [0.2, 0.25) is 0 Å². The SMILES string of the molecule is N#Cc1cc(C2(N)CCCC(O)C2=O)ccc1C(F)(F)F.O=C(O)C(=O)O. The lowest BCUT2D eigenvalue weighted by Gasteiger charge is -2.35. The van der Waals surface area contributed by atoms with E-state index in [0.717, 1.165) is 18.2 Å². The molecule has 0 amide bonds. The highest BCUT2D eigenvalue weighted by Crippen LogP contribution is 2.37. The van der Waals surface area contributed by atoms with Crippen molar-refractivity contribution >= 4 is 17.7 Å². The number of aliphatic hydroxyl groups is 1. The van der Waals surface area contributed by atoms with E-state index in [1.807, 2.05) is 0 Å². The number of alkyl halides is 3. The molecule has 2 atom stereocenters. The Labute approximate surface area is 150 Å². The molecule has 0 radical (unpaired) electrons. The van der Waals surface area contributed by atoms with Gasteiger partial charge in [-0.3, -0.25) is 4.79 Å². The minimum atomic E-state index is -4.65. The van der Waals surface area contributed by atoms with E-state index in [4.69, 9.17) is 30.8 Å². The summed E-state index contributed by atoms with van der Waals surface area (Å²) in [6.07, 6.45) is -4.90. The van der Waals surface area contributed by atoms with Gasteiger partial charge in [0.2, 0.25) is 0 Å². The fraction of sp³-hybridized carbons (Fsp3) is 0.375. The Balaban J connectivity index is 0.000000527. The fourth-order valence-electron chi connectivity index (χ4n) is 2.57. The molecular formula is C16H15F3N2O6. The number of rotatable bonds is 1. The molecule has 1 aliphatic carbocycles. The van der Waals surface area contributed by atoms with Crippen molar-refractivity contribution in [2.75, 3.05) is 0 Å². The summed E-state index contributed by atoms with van der Waals surface area (Å²) < 4.78 is 38.3. The first kappa shape index (κ1) is 22.1. The number of nitrogens with two attached hydrogens (primary N) is 1. The van der Waals surface area contributed by atoms with Gasteiger partial charge in [0.1, 0.15) is 11.6 Å². The number of carbonyl (C=O) groups is 3. The second-order valence-corrected chi connectivity index (χ2v) is 5.72. The number of carboxylic acid groups (broad SMARTS) is 2. The van der Waals surface area contributed by atoms with Gasteiger partial charge in [-0.15, -0.1) is 0 Å². The molecule has 11 heteroatoms. The second-order valence-electron chi connectivity index (χ2n) is 5.72. The van der Waals surface area contributed by atoms with Crippen molar-refractivity contribution in [2.24, 2.45) is 5.73 Å². The van der Waals surface area contributed by atoms with Crippen molar-refractivity contribution in [3.05, 3.63) is 34.9 Å². The van der Waals surface area contributed by atoms with E-state index < -0.39 is 46.7 Å². The molecule has 0 aromatic heterocycles. The molecule has 146 valence electrons. The highest BCUT2D eigenvalue weighted by molar-refractivity contribution is 6.27. The molecule has 1 aliphatic rings. The number of aliphatic hydroxyl groups excluding tert-OH is 1. The number of nitrogens with zero attached hydrogens (tertiary/aromatic N) is 1. The molecule has 1 aromatic rings. The number of nitriles is 1. The van der Waals surface area contributed by atoms with Crippen molar-refractivity contribution in [3.8, 4) is 6.07 Å². The third-order valence-corrected chi connectivity index (χ3v) is 3.93. The number of ketones is 1. The Bertz CT molecular complexity index is 790. The average Bonchev–Trinajstić information content (AvgIpc) is 2.58. The van der Waals surface area contributed by atoms with Gasteiger partial charge >= 0.3 is 18.1 Å². The lowest BCUT2D eigenvalue weighted by Crippen LogP contribution is -2.52. The standard InChI is InChI=1S/C14H13F3N2O2.C2H2O4/c15-14(16,17)10-4-3-9(6-8(10)7-18)13(19)5-1-2-11(20)12(13)21;3-1(4)2(5)6/h3-4,6,11,20H,1-2,5,19H2;(H,3,4)(H,5,6). The minimum Gasteiger partial charge on any atom is -0.473 e. The van der Waals surface area contributed by atoms with Crippen LogP contribution in [-0.2, 0) is 26.1 Å². The number of hydrogen-bond donors (Lipinski definition) is 4. The van der Waals surface area contributed by atoms with Gasteiger partial charge < -0.3 is 21.1 Å². The third kappa shape index (κ3) is 5.02. The van der Waals surface area contributed by atoms with Gasteiger partial charge in [0.25, 0.3) is 0 Å². The summed E-state index contributed by atoms with van der Waals surface area (Å²) in [5.41, 5.74) is 2.92. The first-order chi connectivity index (χ1) is 12.3. The monoisotopic (exact) mass is 388 g/mol. The molecule has 1 aromatic carbocycles. The highest BCUT2D eigenvalue weighted by Gasteiger charge is 2.43. The van der Waals surface area contributed by atoms with Crippen LogP contribution in [0.15, 0.2) is 18.2 Å². The average molecular weight is 388 g/mol. The molecule has 1 fully saturated rings. The maximum atomic E-state index is 12.8. The predicted octanol–water partition coefficient (Wildman–Crippen LogP) is 1.00. The zero-order valence-corrected chi connectivity index (χ0v) is 13.7. The Morgan fingerprint density at radius 1 is 1.26 bits per heavy atom. The molecule has 8 nitrogen and oxygen atoms in total. The molecule has 0 bridgehead atoms. The molecular weight excluding hydrogens is 373 g/mol. The number of benzene rings is 1.